The first kappa shape index (κ1) is 21.5. The zero-order valence-electron chi connectivity index (χ0n) is 16.7. The van der Waals surface area contributed by atoms with Crippen LogP contribution in [0.3, 0.4) is 0 Å². The fraction of sp³-hybridized carbons (Fsp3) is 0.250. The summed E-state index contributed by atoms with van der Waals surface area (Å²) in [5, 5.41) is 11.5. The maximum absolute atomic E-state index is 12.5. The van der Waals surface area contributed by atoms with Gasteiger partial charge in [-0.2, -0.15) is 0 Å². The second kappa shape index (κ2) is 9.45. The molecule has 0 aliphatic rings. The molecule has 0 bridgehead atoms. The summed E-state index contributed by atoms with van der Waals surface area (Å²) in [5.41, 5.74) is 0.231. The molecule has 0 aromatic heterocycles. The number of carbonyl (C=O) groups is 1. The van der Waals surface area contributed by atoms with Gasteiger partial charge in [0.2, 0.25) is 5.75 Å². The molecule has 0 unspecified atom stereocenters. The summed E-state index contributed by atoms with van der Waals surface area (Å²) in [4.78, 5) is 23.4. The topological polar surface area (TPSA) is 106 Å². The molecule has 0 saturated heterocycles. The van der Waals surface area contributed by atoms with Gasteiger partial charge in [-0.25, -0.2) is 4.79 Å². The standard InChI is InChI=1S/C20H21NO8/c1-25-13-6-7-16(21(23)24)14(11-13)15(20(22)29-5)8-12-9-17(26-2)19(28-4)18(10-12)27-3/h6-11H,1-5H3. The fourth-order valence-corrected chi connectivity index (χ4v) is 2.73. The van der Waals surface area contributed by atoms with Crippen molar-refractivity contribution in [3.05, 3.63) is 51.6 Å². The van der Waals surface area contributed by atoms with E-state index in [9.17, 15) is 14.9 Å². The molecule has 2 aromatic rings. The predicted octanol–water partition coefficient (Wildman–Crippen LogP) is 3.34. The van der Waals surface area contributed by atoms with E-state index in [1.807, 2.05) is 0 Å². The third-order valence-electron chi connectivity index (χ3n) is 4.09. The van der Waals surface area contributed by atoms with Gasteiger partial charge < -0.3 is 23.7 Å². The van der Waals surface area contributed by atoms with E-state index in [1.165, 1.54) is 59.8 Å². The normalized spacial score (nSPS) is 10.9. The number of rotatable bonds is 8. The van der Waals surface area contributed by atoms with Crippen LogP contribution >= 0.6 is 0 Å². The van der Waals surface area contributed by atoms with Crippen LogP contribution in [0.4, 0.5) is 5.69 Å². The minimum Gasteiger partial charge on any atom is -0.497 e. The van der Waals surface area contributed by atoms with E-state index in [2.05, 4.69) is 0 Å². The van der Waals surface area contributed by atoms with Crippen LogP contribution in [0.2, 0.25) is 0 Å². The van der Waals surface area contributed by atoms with Gasteiger partial charge in [-0.1, -0.05) is 0 Å². The summed E-state index contributed by atoms with van der Waals surface area (Å²) in [6.07, 6.45) is 1.44. The lowest BCUT2D eigenvalue weighted by atomic mass is 10.00. The maximum atomic E-state index is 12.5. The van der Waals surface area contributed by atoms with E-state index in [4.69, 9.17) is 23.7 Å². The van der Waals surface area contributed by atoms with Gasteiger partial charge >= 0.3 is 5.97 Å². The number of carbonyl (C=O) groups excluding carboxylic acids is 1. The van der Waals surface area contributed by atoms with Crippen LogP contribution in [0.25, 0.3) is 11.6 Å². The molecule has 154 valence electrons. The van der Waals surface area contributed by atoms with Crippen LogP contribution in [0.5, 0.6) is 23.0 Å². The average Bonchev–Trinajstić information content (AvgIpc) is 2.75. The number of nitrogens with zero attached hydrogens (tertiary/aromatic N) is 1. The number of hydrogen-bond acceptors (Lipinski definition) is 8. The highest BCUT2D eigenvalue weighted by Crippen LogP contribution is 2.40. The lowest BCUT2D eigenvalue weighted by Crippen LogP contribution is -2.07. The highest BCUT2D eigenvalue weighted by atomic mass is 16.6. The van der Waals surface area contributed by atoms with Crippen LogP contribution in [-0.2, 0) is 9.53 Å². The number of nitro groups is 1. The van der Waals surface area contributed by atoms with E-state index in [0.29, 0.717) is 28.6 Å². The maximum Gasteiger partial charge on any atom is 0.338 e. The lowest BCUT2D eigenvalue weighted by molar-refractivity contribution is -0.385. The van der Waals surface area contributed by atoms with Crippen molar-refractivity contribution in [3.8, 4) is 23.0 Å². The van der Waals surface area contributed by atoms with Gasteiger partial charge in [0.1, 0.15) is 5.75 Å². The molecule has 0 N–H and O–H groups in total. The Labute approximate surface area is 167 Å². The predicted molar refractivity (Wildman–Crippen MR) is 106 cm³/mol. The Balaban J connectivity index is 2.77. The van der Waals surface area contributed by atoms with Gasteiger partial charge in [0.05, 0.1) is 51.6 Å². The van der Waals surface area contributed by atoms with Gasteiger partial charge in [0, 0.05) is 6.07 Å². The second-order valence-electron chi connectivity index (χ2n) is 5.65. The molecule has 0 amide bonds. The number of hydrogen-bond donors (Lipinski definition) is 0. The summed E-state index contributed by atoms with van der Waals surface area (Å²) in [7, 11) is 7.00. The van der Waals surface area contributed by atoms with Crippen molar-refractivity contribution in [1.29, 1.82) is 0 Å². The Morgan fingerprint density at radius 2 is 1.55 bits per heavy atom. The summed E-state index contributed by atoms with van der Waals surface area (Å²) in [6.45, 7) is 0. The van der Waals surface area contributed by atoms with E-state index < -0.39 is 10.9 Å². The van der Waals surface area contributed by atoms with Gasteiger partial charge in [-0.05, 0) is 35.9 Å². The SMILES string of the molecule is COC(=O)C(=Cc1cc(OC)c(OC)c(OC)c1)c1cc(OC)ccc1[N+](=O)[O-]. The quantitative estimate of drug-likeness (QED) is 0.217. The molecule has 0 spiro atoms. The van der Waals surface area contributed by atoms with Crippen LogP contribution < -0.4 is 18.9 Å². The molecule has 2 rings (SSSR count). The fourth-order valence-electron chi connectivity index (χ4n) is 2.73. The van der Waals surface area contributed by atoms with Crippen LogP contribution in [0.1, 0.15) is 11.1 Å². The molecule has 0 saturated carbocycles. The van der Waals surface area contributed by atoms with Crippen molar-refractivity contribution in [3.63, 3.8) is 0 Å². The first-order chi connectivity index (χ1) is 13.9. The Hall–Kier alpha value is -3.75. The zero-order chi connectivity index (χ0) is 21.6. The van der Waals surface area contributed by atoms with Crippen LogP contribution in [0.15, 0.2) is 30.3 Å². The smallest absolute Gasteiger partial charge is 0.338 e. The van der Waals surface area contributed by atoms with Crippen molar-refractivity contribution in [2.75, 3.05) is 35.5 Å². The Morgan fingerprint density at radius 3 is 2.00 bits per heavy atom. The first-order valence-corrected chi connectivity index (χ1v) is 8.32. The summed E-state index contributed by atoms with van der Waals surface area (Å²) >= 11 is 0. The molecule has 2 aromatic carbocycles. The molecule has 0 fully saturated rings. The first-order valence-electron chi connectivity index (χ1n) is 8.32. The Morgan fingerprint density at radius 1 is 0.931 bits per heavy atom. The summed E-state index contributed by atoms with van der Waals surface area (Å²) in [5.74, 6) is 0.699. The van der Waals surface area contributed by atoms with Gasteiger partial charge in [0.15, 0.2) is 11.5 Å². The van der Waals surface area contributed by atoms with Crippen molar-refractivity contribution in [1.82, 2.24) is 0 Å². The molecule has 0 aliphatic carbocycles. The van der Waals surface area contributed by atoms with Crippen LogP contribution in [0, 0.1) is 10.1 Å². The number of benzene rings is 2. The van der Waals surface area contributed by atoms with Crippen molar-refractivity contribution >= 4 is 23.3 Å². The van der Waals surface area contributed by atoms with E-state index in [1.54, 1.807) is 12.1 Å². The molecular weight excluding hydrogens is 382 g/mol. The molecule has 0 heterocycles. The second-order valence-corrected chi connectivity index (χ2v) is 5.65. The molecule has 0 atom stereocenters. The van der Waals surface area contributed by atoms with Crippen LogP contribution in [-0.4, -0.2) is 46.4 Å². The number of methoxy groups -OCH3 is 5. The molecule has 0 radical (unpaired) electrons. The highest BCUT2D eigenvalue weighted by Gasteiger charge is 2.24. The van der Waals surface area contributed by atoms with Gasteiger partial charge in [0.25, 0.3) is 5.69 Å². The minimum absolute atomic E-state index is 0.0348. The summed E-state index contributed by atoms with van der Waals surface area (Å²) in [6, 6.07) is 7.32. The molecule has 29 heavy (non-hydrogen) atoms. The Bertz CT molecular complexity index is 926. The largest absolute Gasteiger partial charge is 0.497 e. The van der Waals surface area contributed by atoms with Gasteiger partial charge in [-0.15, -0.1) is 0 Å². The van der Waals surface area contributed by atoms with Crippen molar-refractivity contribution in [2.24, 2.45) is 0 Å². The van der Waals surface area contributed by atoms with Crippen molar-refractivity contribution in [2.45, 2.75) is 0 Å². The molecule has 9 nitrogen and oxygen atoms in total. The van der Waals surface area contributed by atoms with Crippen molar-refractivity contribution < 1.29 is 33.4 Å². The molecule has 0 aliphatic heterocycles. The Kier molecular flexibility index (Phi) is 7.02. The van der Waals surface area contributed by atoms with E-state index in [0.717, 1.165) is 0 Å². The highest BCUT2D eigenvalue weighted by molar-refractivity contribution is 6.22. The third-order valence-corrected chi connectivity index (χ3v) is 4.09. The zero-order valence-corrected chi connectivity index (χ0v) is 16.7. The van der Waals surface area contributed by atoms with Gasteiger partial charge in [-0.3, -0.25) is 10.1 Å². The average molecular weight is 403 g/mol. The lowest BCUT2D eigenvalue weighted by Gasteiger charge is -2.14. The molecule has 9 heteroatoms. The third kappa shape index (κ3) is 4.57. The summed E-state index contributed by atoms with van der Waals surface area (Å²) < 4.78 is 25.9. The number of ether oxygens (including phenoxy) is 5. The number of nitro benzene ring substituents is 1. The monoisotopic (exact) mass is 403 g/mol. The van der Waals surface area contributed by atoms with E-state index >= 15 is 0 Å². The number of esters is 1. The minimum atomic E-state index is -0.755. The van der Waals surface area contributed by atoms with E-state index in [-0.39, 0.29) is 16.8 Å². The molecular formula is C20H21NO8.